The summed E-state index contributed by atoms with van der Waals surface area (Å²) in [6, 6.07) is 4.93. The molecule has 0 saturated carbocycles. The van der Waals surface area contributed by atoms with Crippen molar-refractivity contribution in [1.29, 1.82) is 0 Å². The molecule has 4 nitrogen and oxygen atoms in total. The Hall–Kier alpha value is -1.55. The Morgan fingerprint density at radius 1 is 1.33 bits per heavy atom. The molecule has 1 aliphatic rings. The van der Waals surface area contributed by atoms with Crippen LogP contribution in [-0.4, -0.2) is 36.8 Å². The Kier molecular flexibility index (Phi) is 3.87. The van der Waals surface area contributed by atoms with Gasteiger partial charge in [-0.1, -0.05) is 11.6 Å². The van der Waals surface area contributed by atoms with Crippen molar-refractivity contribution < 1.29 is 14.3 Å². The maximum absolute atomic E-state index is 12.3. The standard InChI is InChI=1S/C13H14ClNO3/c1-18-12-8-9(14)2-3-11(12)13(17)15-6-4-10(16)5-7-15/h2-3,8H,4-7H2,1H3. The van der Waals surface area contributed by atoms with Crippen LogP contribution in [0.15, 0.2) is 18.2 Å². The molecule has 1 aliphatic heterocycles. The number of ketones is 1. The highest BCUT2D eigenvalue weighted by molar-refractivity contribution is 6.30. The monoisotopic (exact) mass is 267 g/mol. The molecule has 1 amide bonds. The normalized spacial score (nSPS) is 15.7. The molecule has 0 unspecified atom stereocenters. The molecule has 1 aromatic carbocycles. The fourth-order valence-electron chi connectivity index (χ4n) is 1.97. The lowest BCUT2D eigenvalue weighted by Crippen LogP contribution is -2.38. The van der Waals surface area contributed by atoms with Gasteiger partial charge in [0, 0.05) is 31.0 Å². The number of carbonyl (C=O) groups excluding carboxylic acids is 2. The molecule has 0 radical (unpaired) electrons. The minimum Gasteiger partial charge on any atom is -0.496 e. The van der Waals surface area contributed by atoms with Crippen molar-refractivity contribution in [3.63, 3.8) is 0 Å². The van der Waals surface area contributed by atoms with Gasteiger partial charge in [0.05, 0.1) is 12.7 Å². The Morgan fingerprint density at radius 3 is 2.61 bits per heavy atom. The third-order valence-electron chi connectivity index (χ3n) is 3.00. The Labute approximate surface area is 110 Å². The summed E-state index contributed by atoms with van der Waals surface area (Å²) >= 11 is 5.86. The highest BCUT2D eigenvalue weighted by atomic mass is 35.5. The minimum atomic E-state index is -0.115. The number of nitrogens with zero attached hydrogens (tertiary/aromatic N) is 1. The maximum Gasteiger partial charge on any atom is 0.257 e. The molecule has 0 atom stereocenters. The van der Waals surface area contributed by atoms with Crippen LogP contribution < -0.4 is 4.74 Å². The summed E-state index contributed by atoms with van der Waals surface area (Å²) in [6.45, 7) is 0.951. The highest BCUT2D eigenvalue weighted by Gasteiger charge is 2.24. The van der Waals surface area contributed by atoms with Crippen LogP contribution in [0.4, 0.5) is 0 Å². The summed E-state index contributed by atoms with van der Waals surface area (Å²) in [5.41, 5.74) is 0.483. The van der Waals surface area contributed by atoms with Gasteiger partial charge in [-0.2, -0.15) is 0 Å². The first-order valence-corrected chi connectivity index (χ1v) is 6.14. The van der Waals surface area contributed by atoms with Gasteiger partial charge in [0.2, 0.25) is 0 Å². The first-order valence-electron chi connectivity index (χ1n) is 5.76. The quantitative estimate of drug-likeness (QED) is 0.825. The highest BCUT2D eigenvalue weighted by Crippen LogP contribution is 2.25. The van der Waals surface area contributed by atoms with Crippen LogP contribution in [-0.2, 0) is 4.79 Å². The number of Topliss-reactive ketones (excluding diaryl/α,β-unsaturated/α-hetero) is 1. The van der Waals surface area contributed by atoms with Crippen LogP contribution in [0.2, 0.25) is 5.02 Å². The van der Waals surface area contributed by atoms with Crippen LogP contribution in [0, 0.1) is 0 Å². The number of ether oxygens (including phenoxy) is 1. The number of halogens is 1. The van der Waals surface area contributed by atoms with Crippen LogP contribution in [0.5, 0.6) is 5.75 Å². The summed E-state index contributed by atoms with van der Waals surface area (Å²) in [4.78, 5) is 25.1. The van der Waals surface area contributed by atoms with E-state index in [-0.39, 0.29) is 11.7 Å². The summed E-state index contributed by atoms with van der Waals surface area (Å²) in [5.74, 6) is 0.558. The number of hydrogen-bond acceptors (Lipinski definition) is 3. The minimum absolute atomic E-state index is 0.115. The van der Waals surface area contributed by atoms with Gasteiger partial charge in [0.15, 0.2) is 0 Å². The molecule has 0 bridgehead atoms. The number of amides is 1. The van der Waals surface area contributed by atoms with E-state index in [4.69, 9.17) is 16.3 Å². The number of likely N-dealkylation sites (tertiary alicyclic amines) is 1. The van der Waals surface area contributed by atoms with Gasteiger partial charge in [-0.15, -0.1) is 0 Å². The number of piperidine rings is 1. The zero-order valence-electron chi connectivity index (χ0n) is 10.1. The molecule has 5 heteroatoms. The van der Waals surface area contributed by atoms with Crippen LogP contribution >= 0.6 is 11.6 Å². The van der Waals surface area contributed by atoms with Gasteiger partial charge < -0.3 is 9.64 Å². The molecule has 18 heavy (non-hydrogen) atoms. The third-order valence-corrected chi connectivity index (χ3v) is 3.24. The molecule has 0 aliphatic carbocycles. The van der Waals surface area contributed by atoms with Gasteiger partial charge in [-0.3, -0.25) is 9.59 Å². The van der Waals surface area contributed by atoms with Crippen molar-refractivity contribution >= 4 is 23.3 Å². The SMILES string of the molecule is COc1cc(Cl)ccc1C(=O)N1CCC(=O)CC1. The average molecular weight is 268 g/mol. The number of methoxy groups -OCH3 is 1. The van der Waals surface area contributed by atoms with Crippen molar-refractivity contribution in [2.45, 2.75) is 12.8 Å². The number of benzene rings is 1. The molecular formula is C13H14ClNO3. The predicted molar refractivity (Wildman–Crippen MR) is 68.1 cm³/mol. The topological polar surface area (TPSA) is 46.6 Å². The summed E-state index contributed by atoms with van der Waals surface area (Å²) < 4.78 is 5.16. The van der Waals surface area contributed by atoms with E-state index in [1.807, 2.05) is 0 Å². The van der Waals surface area contributed by atoms with E-state index in [2.05, 4.69) is 0 Å². The van der Waals surface area contributed by atoms with E-state index in [0.717, 1.165) is 0 Å². The van der Waals surface area contributed by atoms with Crippen molar-refractivity contribution in [3.05, 3.63) is 28.8 Å². The molecule has 96 valence electrons. The second-order valence-electron chi connectivity index (χ2n) is 4.18. The third kappa shape index (κ3) is 2.64. The molecule has 1 saturated heterocycles. The summed E-state index contributed by atoms with van der Waals surface area (Å²) in [6.07, 6.45) is 0.864. The van der Waals surface area contributed by atoms with Gasteiger partial charge in [0.1, 0.15) is 11.5 Å². The Bertz CT molecular complexity index is 477. The largest absolute Gasteiger partial charge is 0.496 e. The van der Waals surface area contributed by atoms with E-state index in [1.165, 1.54) is 7.11 Å². The number of rotatable bonds is 2. The van der Waals surface area contributed by atoms with Gasteiger partial charge in [-0.05, 0) is 18.2 Å². The number of carbonyl (C=O) groups is 2. The smallest absolute Gasteiger partial charge is 0.257 e. The molecule has 1 fully saturated rings. The van der Waals surface area contributed by atoms with E-state index < -0.39 is 0 Å². The van der Waals surface area contributed by atoms with Crippen molar-refractivity contribution in [2.24, 2.45) is 0 Å². The molecule has 1 heterocycles. The molecule has 2 rings (SSSR count). The van der Waals surface area contributed by atoms with Gasteiger partial charge >= 0.3 is 0 Å². The molecule has 0 N–H and O–H groups in total. The van der Waals surface area contributed by atoms with Crippen molar-refractivity contribution in [1.82, 2.24) is 4.90 Å². The molecule has 0 aromatic heterocycles. The fourth-order valence-corrected chi connectivity index (χ4v) is 2.13. The molecule has 0 spiro atoms. The zero-order chi connectivity index (χ0) is 13.1. The Morgan fingerprint density at radius 2 is 2.00 bits per heavy atom. The van der Waals surface area contributed by atoms with E-state index >= 15 is 0 Å². The first-order chi connectivity index (χ1) is 8.61. The lowest BCUT2D eigenvalue weighted by molar-refractivity contribution is -0.120. The Balaban J connectivity index is 2.20. The number of hydrogen-bond donors (Lipinski definition) is 0. The maximum atomic E-state index is 12.3. The molecule has 1 aromatic rings. The van der Waals surface area contributed by atoms with E-state index in [0.29, 0.717) is 42.3 Å². The fraction of sp³-hybridized carbons (Fsp3) is 0.385. The van der Waals surface area contributed by atoms with Gasteiger partial charge in [0.25, 0.3) is 5.91 Å². The van der Waals surface area contributed by atoms with Crippen LogP contribution in [0.25, 0.3) is 0 Å². The first kappa shape index (κ1) is 12.9. The summed E-state index contributed by atoms with van der Waals surface area (Å²) in [7, 11) is 1.50. The van der Waals surface area contributed by atoms with Crippen molar-refractivity contribution in [3.8, 4) is 5.75 Å². The van der Waals surface area contributed by atoms with Crippen LogP contribution in [0.3, 0.4) is 0 Å². The van der Waals surface area contributed by atoms with Gasteiger partial charge in [-0.25, -0.2) is 0 Å². The lowest BCUT2D eigenvalue weighted by atomic mass is 10.1. The molecular weight excluding hydrogens is 254 g/mol. The second kappa shape index (κ2) is 5.40. The van der Waals surface area contributed by atoms with Crippen molar-refractivity contribution in [2.75, 3.05) is 20.2 Å². The predicted octanol–water partition coefficient (Wildman–Crippen LogP) is 2.15. The lowest BCUT2D eigenvalue weighted by Gasteiger charge is -2.26. The van der Waals surface area contributed by atoms with E-state index in [1.54, 1.807) is 23.1 Å². The van der Waals surface area contributed by atoms with E-state index in [9.17, 15) is 9.59 Å². The average Bonchev–Trinajstić information content (AvgIpc) is 2.38. The summed E-state index contributed by atoms with van der Waals surface area (Å²) in [5, 5.41) is 0.525. The second-order valence-corrected chi connectivity index (χ2v) is 4.61. The zero-order valence-corrected chi connectivity index (χ0v) is 10.9. The van der Waals surface area contributed by atoms with Crippen LogP contribution in [0.1, 0.15) is 23.2 Å².